The number of fused-ring (bicyclic) bond motifs is 1. The van der Waals surface area contributed by atoms with Crippen molar-refractivity contribution in [2.24, 2.45) is 0 Å². The summed E-state index contributed by atoms with van der Waals surface area (Å²) in [7, 11) is 0. The summed E-state index contributed by atoms with van der Waals surface area (Å²) in [5.74, 6) is 0.516. The number of halogens is 2. The lowest BCUT2D eigenvalue weighted by molar-refractivity contribution is 1.11. The lowest BCUT2D eigenvalue weighted by Gasteiger charge is -1.89. The second-order valence-electron chi connectivity index (χ2n) is 1.98. The van der Waals surface area contributed by atoms with Crippen LogP contribution in [0.15, 0.2) is 18.5 Å². The van der Waals surface area contributed by atoms with E-state index in [-0.39, 0.29) is 5.15 Å². The average Bonchev–Trinajstić information content (AvgIpc) is 2.30. The van der Waals surface area contributed by atoms with E-state index in [9.17, 15) is 0 Å². The van der Waals surface area contributed by atoms with Crippen LogP contribution in [0.1, 0.15) is 0 Å². The molecule has 0 N–H and O–H groups in total. The minimum atomic E-state index is 0.283. The summed E-state index contributed by atoms with van der Waals surface area (Å²) in [4.78, 5) is 7.84. The molecule has 2 rings (SSSR count). The summed E-state index contributed by atoms with van der Waals surface area (Å²) in [6.07, 6.45) is 3.39. The van der Waals surface area contributed by atoms with Crippen LogP contribution in [-0.4, -0.2) is 14.4 Å². The lowest BCUT2D eigenvalue weighted by atomic mass is 10.7. The molecular formula is C6H3Cl2N3. The highest BCUT2D eigenvalue weighted by Gasteiger charge is 2.06. The molecule has 2 heterocycles. The summed E-state index contributed by atoms with van der Waals surface area (Å²) >= 11 is 11.4. The molecule has 0 aliphatic rings. The Balaban J connectivity index is 2.92. The number of aromatic nitrogens is 3. The molecule has 0 spiro atoms. The number of imidazole rings is 1. The smallest absolute Gasteiger partial charge is 0.236 e. The SMILES string of the molecule is Clc1nc2ncccn2c1Cl. The second-order valence-corrected chi connectivity index (χ2v) is 2.70. The normalized spacial score (nSPS) is 10.7. The number of hydrogen-bond acceptors (Lipinski definition) is 2. The van der Waals surface area contributed by atoms with Gasteiger partial charge in [0.2, 0.25) is 5.78 Å². The molecule has 0 amide bonds. The molecule has 11 heavy (non-hydrogen) atoms. The van der Waals surface area contributed by atoms with Crippen molar-refractivity contribution < 1.29 is 0 Å². The fourth-order valence-electron chi connectivity index (χ4n) is 0.832. The van der Waals surface area contributed by atoms with Gasteiger partial charge < -0.3 is 0 Å². The topological polar surface area (TPSA) is 30.2 Å². The maximum absolute atomic E-state index is 5.77. The van der Waals surface area contributed by atoms with Gasteiger partial charge in [0.25, 0.3) is 0 Å². The Labute approximate surface area is 72.6 Å². The fourth-order valence-corrected chi connectivity index (χ4v) is 1.17. The van der Waals surface area contributed by atoms with Gasteiger partial charge in [0.15, 0.2) is 10.3 Å². The first-order chi connectivity index (χ1) is 5.29. The molecule has 2 aromatic heterocycles. The van der Waals surface area contributed by atoms with Crippen molar-refractivity contribution in [1.29, 1.82) is 0 Å². The van der Waals surface area contributed by atoms with Crippen molar-refractivity contribution in [1.82, 2.24) is 14.4 Å². The second kappa shape index (κ2) is 2.36. The van der Waals surface area contributed by atoms with E-state index < -0.39 is 0 Å². The molecule has 3 nitrogen and oxygen atoms in total. The van der Waals surface area contributed by atoms with Crippen LogP contribution in [0, 0.1) is 0 Å². The Morgan fingerprint density at radius 2 is 2.18 bits per heavy atom. The van der Waals surface area contributed by atoms with Crippen LogP contribution in [-0.2, 0) is 0 Å². The maximum atomic E-state index is 5.77. The molecular weight excluding hydrogens is 185 g/mol. The van der Waals surface area contributed by atoms with Crippen molar-refractivity contribution in [2.45, 2.75) is 0 Å². The Bertz CT molecular complexity index is 396. The van der Waals surface area contributed by atoms with E-state index in [0.29, 0.717) is 10.9 Å². The average molecular weight is 188 g/mol. The minimum absolute atomic E-state index is 0.283. The van der Waals surface area contributed by atoms with Gasteiger partial charge in [-0.1, -0.05) is 23.2 Å². The van der Waals surface area contributed by atoms with E-state index in [0.717, 1.165) is 0 Å². The van der Waals surface area contributed by atoms with Crippen molar-refractivity contribution in [3.05, 3.63) is 28.8 Å². The van der Waals surface area contributed by atoms with Crippen LogP contribution >= 0.6 is 23.2 Å². The third kappa shape index (κ3) is 0.968. The summed E-state index contributed by atoms with van der Waals surface area (Å²) < 4.78 is 1.61. The lowest BCUT2D eigenvalue weighted by Crippen LogP contribution is -1.84. The molecule has 0 saturated carbocycles. The third-order valence-corrected chi connectivity index (χ3v) is 2.03. The fraction of sp³-hybridized carbons (Fsp3) is 0. The van der Waals surface area contributed by atoms with Gasteiger partial charge in [-0.2, -0.15) is 4.98 Å². The highest BCUT2D eigenvalue weighted by atomic mass is 35.5. The van der Waals surface area contributed by atoms with E-state index in [1.165, 1.54) is 0 Å². The first-order valence-corrected chi connectivity index (χ1v) is 3.68. The van der Waals surface area contributed by atoms with Gasteiger partial charge in [-0.25, -0.2) is 4.98 Å². The third-order valence-electron chi connectivity index (χ3n) is 1.31. The van der Waals surface area contributed by atoms with E-state index in [4.69, 9.17) is 23.2 Å². The molecule has 56 valence electrons. The van der Waals surface area contributed by atoms with Crippen LogP contribution in [0.5, 0.6) is 0 Å². The van der Waals surface area contributed by atoms with Gasteiger partial charge in [0.05, 0.1) is 0 Å². The zero-order chi connectivity index (χ0) is 7.84. The largest absolute Gasteiger partial charge is 0.273 e. The Hall–Kier alpha value is -0.800. The molecule has 0 fully saturated rings. The Kier molecular flexibility index (Phi) is 1.47. The van der Waals surface area contributed by atoms with Crippen LogP contribution in [0.2, 0.25) is 10.3 Å². The van der Waals surface area contributed by atoms with Crippen molar-refractivity contribution in [3.63, 3.8) is 0 Å². The van der Waals surface area contributed by atoms with Crippen molar-refractivity contribution in [2.75, 3.05) is 0 Å². The molecule has 0 saturated heterocycles. The number of hydrogen-bond donors (Lipinski definition) is 0. The predicted molar refractivity (Wildman–Crippen MR) is 43.0 cm³/mol. The van der Waals surface area contributed by atoms with Gasteiger partial charge in [0.1, 0.15) is 0 Å². The van der Waals surface area contributed by atoms with Gasteiger partial charge >= 0.3 is 0 Å². The zero-order valence-electron chi connectivity index (χ0n) is 5.33. The van der Waals surface area contributed by atoms with Crippen LogP contribution in [0.4, 0.5) is 0 Å². The van der Waals surface area contributed by atoms with E-state index in [1.54, 1.807) is 22.9 Å². The molecule has 0 unspecified atom stereocenters. The predicted octanol–water partition coefficient (Wildman–Crippen LogP) is 2.04. The Morgan fingerprint density at radius 3 is 2.91 bits per heavy atom. The molecule has 0 atom stereocenters. The number of nitrogens with zero attached hydrogens (tertiary/aromatic N) is 3. The van der Waals surface area contributed by atoms with Crippen LogP contribution in [0.25, 0.3) is 5.78 Å². The first kappa shape index (κ1) is 6.88. The van der Waals surface area contributed by atoms with E-state index in [1.807, 2.05) is 0 Å². The zero-order valence-corrected chi connectivity index (χ0v) is 6.84. The van der Waals surface area contributed by atoms with Gasteiger partial charge in [-0.3, -0.25) is 4.40 Å². The number of rotatable bonds is 0. The van der Waals surface area contributed by atoms with E-state index in [2.05, 4.69) is 9.97 Å². The van der Waals surface area contributed by atoms with Crippen molar-refractivity contribution in [3.8, 4) is 0 Å². The maximum Gasteiger partial charge on any atom is 0.236 e. The highest BCUT2D eigenvalue weighted by molar-refractivity contribution is 6.40. The molecule has 5 heteroatoms. The monoisotopic (exact) mass is 187 g/mol. The van der Waals surface area contributed by atoms with Crippen LogP contribution in [0.3, 0.4) is 0 Å². The molecule has 0 aliphatic carbocycles. The van der Waals surface area contributed by atoms with Gasteiger partial charge in [0, 0.05) is 12.4 Å². The quantitative estimate of drug-likeness (QED) is 0.633. The minimum Gasteiger partial charge on any atom is -0.273 e. The molecule has 0 radical (unpaired) electrons. The summed E-state index contributed by atoms with van der Waals surface area (Å²) in [5.41, 5.74) is 0. The summed E-state index contributed by atoms with van der Waals surface area (Å²) in [6, 6.07) is 1.76. The van der Waals surface area contributed by atoms with Gasteiger partial charge in [-0.05, 0) is 6.07 Å². The van der Waals surface area contributed by atoms with E-state index >= 15 is 0 Å². The summed E-state index contributed by atoms with van der Waals surface area (Å²) in [6.45, 7) is 0. The molecule has 0 bridgehead atoms. The van der Waals surface area contributed by atoms with Gasteiger partial charge in [-0.15, -0.1) is 0 Å². The first-order valence-electron chi connectivity index (χ1n) is 2.93. The molecule has 0 aliphatic heterocycles. The van der Waals surface area contributed by atoms with Crippen LogP contribution < -0.4 is 0 Å². The Morgan fingerprint density at radius 1 is 1.36 bits per heavy atom. The summed E-state index contributed by atoms with van der Waals surface area (Å²) in [5, 5.41) is 0.681. The molecule has 0 aromatic carbocycles. The standard InChI is InChI=1S/C6H3Cl2N3/c7-4-5(8)11-3-1-2-9-6(11)10-4/h1-3H. The molecule has 2 aromatic rings. The highest BCUT2D eigenvalue weighted by Crippen LogP contribution is 2.20. The van der Waals surface area contributed by atoms with Crippen molar-refractivity contribution >= 4 is 29.0 Å².